The van der Waals surface area contributed by atoms with E-state index >= 15 is 0 Å². The van der Waals surface area contributed by atoms with Crippen molar-refractivity contribution in [2.75, 3.05) is 6.54 Å². The van der Waals surface area contributed by atoms with Crippen LogP contribution in [0.5, 0.6) is 17.2 Å². The molecule has 1 aromatic carbocycles. The average molecular weight is 254 g/mol. The molecule has 0 fully saturated rings. The number of amides is 1. The predicted octanol–water partition coefficient (Wildman–Crippen LogP) is 0.549. The highest BCUT2D eigenvalue weighted by Gasteiger charge is 2.10. The third kappa shape index (κ3) is 4.14. The van der Waals surface area contributed by atoms with Crippen LogP contribution in [0.25, 0.3) is 0 Å². The Labute approximate surface area is 105 Å². The first-order chi connectivity index (χ1) is 8.52. The highest BCUT2D eigenvalue weighted by Crippen LogP contribution is 2.36. The molecule has 6 N–H and O–H groups in total. The Balaban J connectivity index is 2.32. The van der Waals surface area contributed by atoms with Gasteiger partial charge in [-0.3, -0.25) is 4.79 Å². The Hall–Kier alpha value is -1.95. The van der Waals surface area contributed by atoms with Crippen LogP contribution in [0.2, 0.25) is 0 Å². The van der Waals surface area contributed by atoms with Gasteiger partial charge < -0.3 is 26.4 Å². The number of hydrogen-bond donors (Lipinski definition) is 5. The van der Waals surface area contributed by atoms with Crippen molar-refractivity contribution in [1.29, 1.82) is 0 Å². The van der Waals surface area contributed by atoms with Crippen LogP contribution in [0.15, 0.2) is 12.1 Å². The third-order valence-electron chi connectivity index (χ3n) is 2.56. The maximum Gasteiger partial charge on any atom is 0.217 e. The van der Waals surface area contributed by atoms with Gasteiger partial charge in [-0.15, -0.1) is 0 Å². The van der Waals surface area contributed by atoms with E-state index in [1.807, 2.05) is 0 Å². The Morgan fingerprint density at radius 2 is 1.89 bits per heavy atom. The molecule has 100 valence electrons. The average Bonchev–Trinajstić information content (AvgIpc) is 2.33. The first-order valence-electron chi connectivity index (χ1n) is 5.74. The summed E-state index contributed by atoms with van der Waals surface area (Å²) in [5.74, 6) is -1.49. The second-order valence-electron chi connectivity index (χ2n) is 4.04. The van der Waals surface area contributed by atoms with Gasteiger partial charge in [0.2, 0.25) is 11.7 Å². The van der Waals surface area contributed by atoms with Gasteiger partial charge in [-0.25, -0.2) is 0 Å². The lowest BCUT2D eigenvalue weighted by Crippen LogP contribution is -2.16. The molecule has 1 aromatic rings. The monoisotopic (exact) mass is 254 g/mol. The first kappa shape index (κ1) is 14.1. The van der Waals surface area contributed by atoms with E-state index in [1.165, 1.54) is 12.1 Å². The molecule has 0 bridgehead atoms. The highest BCUT2D eigenvalue weighted by atomic mass is 16.3. The number of benzene rings is 1. The molecule has 1 rings (SSSR count). The predicted molar refractivity (Wildman–Crippen MR) is 66.2 cm³/mol. The van der Waals surface area contributed by atoms with E-state index < -0.39 is 5.75 Å². The lowest BCUT2D eigenvalue weighted by atomic mass is 10.1. The second kappa shape index (κ2) is 6.70. The summed E-state index contributed by atoms with van der Waals surface area (Å²) in [5, 5.41) is 31.1. The molecule has 0 aliphatic heterocycles. The van der Waals surface area contributed by atoms with Crippen molar-refractivity contribution >= 4 is 5.91 Å². The molecule has 0 saturated carbocycles. The molecule has 0 heterocycles. The number of primary amides is 1. The van der Waals surface area contributed by atoms with Crippen molar-refractivity contribution in [3.8, 4) is 17.2 Å². The number of carbonyl (C=O) groups excluding carboxylic acids is 1. The SMILES string of the molecule is NC(=O)CCCCNCc1ccc(O)c(O)c1O. The van der Waals surface area contributed by atoms with Crippen LogP contribution in [-0.2, 0) is 11.3 Å². The van der Waals surface area contributed by atoms with Crippen molar-refractivity contribution in [1.82, 2.24) is 5.32 Å². The first-order valence-corrected chi connectivity index (χ1v) is 5.74. The number of rotatable bonds is 7. The molecule has 6 nitrogen and oxygen atoms in total. The van der Waals surface area contributed by atoms with Gasteiger partial charge in [0, 0.05) is 18.5 Å². The van der Waals surface area contributed by atoms with Crippen molar-refractivity contribution in [3.63, 3.8) is 0 Å². The van der Waals surface area contributed by atoms with Crippen molar-refractivity contribution in [2.45, 2.75) is 25.8 Å². The van der Waals surface area contributed by atoms with Crippen molar-refractivity contribution in [2.24, 2.45) is 5.73 Å². The summed E-state index contributed by atoms with van der Waals surface area (Å²) in [6, 6.07) is 2.85. The molecule has 0 unspecified atom stereocenters. The summed E-state index contributed by atoms with van der Waals surface area (Å²) in [7, 11) is 0. The highest BCUT2D eigenvalue weighted by molar-refractivity contribution is 5.73. The number of aromatic hydroxyl groups is 3. The minimum absolute atomic E-state index is 0.309. The summed E-state index contributed by atoms with van der Waals surface area (Å²) in [4.78, 5) is 10.5. The molecule has 0 atom stereocenters. The molecule has 0 saturated heterocycles. The smallest absolute Gasteiger partial charge is 0.217 e. The van der Waals surface area contributed by atoms with Crippen LogP contribution >= 0.6 is 0 Å². The number of unbranched alkanes of at least 4 members (excludes halogenated alkanes) is 1. The van der Waals surface area contributed by atoms with Crippen LogP contribution in [0, 0.1) is 0 Å². The van der Waals surface area contributed by atoms with E-state index in [0.29, 0.717) is 25.1 Å². The largest absolute Gasteiger partial charge is 0.504 e. The summed E-state index contributed by atoms with van der Waals surface area (Å²) < 4.78 is 0. The maximum absolute atomic E-state index is 10.5. The molecule has 0 aliphatic carbocycles. The van der Waals surface area contributed by atoms with E-state index in [4.69, 9.17) is 10.8 Å². The number of hydrogen-bond acceptors (Lipinski definition) is 5. The topological polar surface area (TPSA) is 116 Å². The minimum Gasteiger partial charge on any atom is -0.504 e. The quantitative estimate of drug-likeness (QED) is 0.360. The molecule has 1 amide bonds. The Kier molecular flexibility index (Phi) is 5.26. The number of phenolic OH excluding ortho intramolecular Hbond substituents is 3. The molecule has 0 radical (unpaired) electrons. The zero-order chi connectivity index (χ0) is 13.5. The lowest BCUT2D eigenvalue weighted by molar-refractivity contribution is -0.118. The zero-order valence-electron chi connectivity index (χ0n) is 10.0. The fourth-order valence-electron chi connectivity index (χ4n) is 1.53. The number of phenols is 3. The van der Waals surface area contributed by atoms with Gasteiger partial charge in [0.25, 0.3) is 0 Å². The van der Waals surface area contributed by atoms with Gasteiger partial charge >= 0.3 is 0 Å². The van der Waals surface area contributed by atoms with Crippen LogP contribution in [0.1, 0.15) is 24.8 Å². The summed E-state index contributed by atoms with van der Waals surface area (Å²) in [6.45, 7) is 1.05. The molecular formula is C12H18N2O4. The molecule has 0 spiro atoms. The van der Waals surface area contributed by atoms with E-state index in [0.717, 1.165) is 12.8 Å². The molecule has 0 aromatic heterocycles. The van der Waals surface area contributed by atoms with Crippen LogP contribution in [-0.4, -0.2) is 27.8 Å². The summed E-state index contributed by atoms with van der Waals surface area (Å²) in [6.07, 6.45) is 1.88. The summed E-state index contributed by atoms with van der Waals surface area (Å²) >= 11 is 0. The van der Waals surface area contributed by atoms with E-state index in [9.17, 15) is 15.0 Å². The molecular weight excluding hydrogens is 236 g/mol. The third-order valence-corrected chi connectivity index (χ3v) is 2.56. The standard InChI is InChI=1S/C12H18N2O4/c13-10(16)3-1-2-6-14-7-8-4-5-9(15)12(18)11(8)17/h4-5,14-15,17-18H,1-3,6-7H2,(H2,13,16). The fourth-order valence-corrected chi connectivity index (χ4v) is 1.53. The van der Waals surface area contributed by atoms with E-state index in [1.54, 1.807) is 0 Å². The lowest BCUT2D eigenvalue weighted by Gasteiger charge is -2.08. The minimum atomic E-state index is -0.511. The Morgan fingerprint density at radius 3 is 2.56 bits per heavy atom. The molecule has 0 aliphatic rings. The normalized spacial score (nSPS) is 10.4. The van der Waals surface area contributed by atoms with E-state index in [-0.39, 0.29) is 17.4 Å². The molecule has 18 heavy (non-hydrogen) atoms. The van der Waals surface area contributed by atoms with Crippen LogP contribution < -0.4 is 11.1 Å². The van der Waals surface area contributed by atoms with Crippen molar-refractivity contribution in [3.05, 3.63) is 17.7 Å². The van der Waals surface area contributed by atoms with Crippen LogP contribution in [0.4, 0.5) is 0 Å². The van der Waals surface area contributed by atoms with Gasteiger partial charge in [-0.05, 0) is 25.5 Å². The zero-order valence-corrected chi connectivity index (χ0v) is 10.0. The van der Waals surface area contributed by atoms with Crippen molar-refractivity contribution < 1.29 is 20.1 Å². The Bertz CT molecular complexity index is 421. The van der Waals surface area contributed by atoms with Gasteiger partial charge in [0.05, 0.1) is 0 Å². The Morgan fingerprint density at radius 1 is 1.17 bits per heavy atom. The summed E-state index contributed by atoms with van der Waals surface area (Å²) in [5.41, 5.74) is 5.51. The number of carbonyl (C=O) groups is 1. The number of nitrogens with one attached hydrogen (secondary N) is 1. The van der Waals surface area contributed by atoms with Gasteiger partial charge in [0.15, 0.2) is 11.5 Å². The second-order valence-corrected chi connectivity index (χ2v) is 4.04. The maximum atomic E-state index is 10.5. The van der Waals surface area contributed by atoms with Crippen LogP contribution in [0.3, 0.4) is 0 Å². The van der Waals surface area contributed by atoms with Gasteiger partial charge in [-0.1, -0.05) is 6.07 Å². The van der Waals surface area contributed by atoms with Gasteiger partial charge in [0.1, 0.15) is 0 Å². The van der Waals surface area contributed by atoms with E-state index in [2.05, 4.69) is 5.32 Å². The fraction of sp³-hybridized carbons (Fsp3) is 0.417. The van der Waals surface area contributed by atoms with Gasteiger partial charge in [-0.2, -0.15) is 0 Å². The molecule has 6 heteroatoms. The number of nitrogens with two attached hydrogens (primary N) is 1.